The number of nitriles is 1. The van der Waals surface area contributed by atoms with Crippen molar-refractivity contribution < 1.29 is 9.47 Å². The number of rotatable bonds is 3. The standard InChI is InChI=1S/C16H20N2O2/c17-9-13-4-2-1-3-5-14(13)18-10-12-6-7-15-16(8-12)20-11-19-15/h6-8,13-14,18H,1-5,10-11H2. The summed E-state index contributed by atoms with van der Waals surface area (Å²) in [5.41, 5.74) is 1.18. The van der Waals surface area contributed by atoms with Gasteiger partial charge in [-0.2, -0.15) is 5.26 Å². The Morgan fingerprint density at radius 2 is 2.00 bits per heavy atom. The summed E-state index contributed by atoms with van der Waals surface area (Å²) in [6, 6.07) is 8.81. The molecule has 0 bridgehead atoms. The molecule has 1 aromatic rings. The first-order valence-corrected chi connectivity index (χ1v) is 7.38. The Bertz CT molecular complexity index is 510. The summed E-state index contributed by atoms with van der Waals surface area (Å²) in [4.78, 5) is 0. The van der Waals surface area contributed by atoms with Crippen molar-refractivity contribution >= 4 is 0 Å². The van der Waals surface area contributed by atoms with Crippen molar-refractivity contribution in [2.75, 3.05) is 6.79 Å². The van der Waals surface area contributed by atoms with Gasteiger partial charge >= 0.3 is 0 Å². The van der Waals surface area contributed by atoms with Crippen LogP contribution in [0.2, 0.25) is 0 Å². The zero-order chi connectivity index (χ0) is 13.8. The first kappa shape index (κ1) is 13.3. The van der Waals surface area contributed by atoms with E-state index >= 15 is 0 Å². The van der Waals surface area contributed by atoms with Crippen molar-refractivity contribution in [2.45, 2.75) is 44.7 Å². The minimum absolute atomic E-state index is 0.145. The predicted molar refractivity (Wildman–Crippen MR) is 75.4 cm³/mol. The van der Waals surface area contributed by atoms with Crippen LogP contribution in [-0.2, 0) is 6.54 Å². The topological polar surface area (TPSA) is 54.3 Å². The number of nitrogens with zero attached hydrogens (tertiary/aromatic N) is 1. The van der Waals surface area contributed by atoms with Crippen LogP contribution in [0.1, 0.15) is 37.7 Å². The quantitative estimate of drug-likeness (QED) is 0.859. The fourth-order valence-electron chi connectivity index (χ4n) is 3.01. The Kier molecular flexibility index (Phi) is 4.08. The van der Waals surface area contributed by atoms with E-state index in [2.05, 4.69) is 17.5 Å². The highest BCUT2D eigenvalue weighted by Gasteiger charge is 2.23. The lowest BCUT2D eigenvalue weighted by atomic mass is 9.96. The highest BCUT2D eigenvalue weighted by Crippen LogP contribution is 2.32. The molecule has 2 atom stereocenters. The molecule has 0 radical (unpaired) electrons. The van der Waals surface area contributed by atoms with Crippen molar-refractivity contribution in [3.8, 4) is 17.6 Å². The molecule has 2 unspecified atom stereocenters. The van der Waals surface area contributed by atoms with Crippen LogP contribution in [0.3, 0.4) is 0 Å². The van der Waals surface area contributed by atoms with Gasteiger partial charge in [0.25, 0.3) is 0 Å². The maximum Gasteiger partial charge on any atom is 0.231 e. The minimum Gasteiger partial charge on any atom is -0.454 e. The number of fused-ring (bicyclic) bond motifs is 1. The highest BCUT2D eigenvalue weighted by molar-refractivity contribution is 5.44. The van der Waals surface area contributed by atoms with E-state index < -0.39 is 0 Å². The lowest BCUT2D eigenvalue weighted by molar-refractivity contribution is 0.174. The molecule has 2 aliphatic rings. The van der Waals surface area contributed by atoms with Crippen molar-refractivity contribution in [2.24, 2.45) is 5.92 Å². The molecular formula is C16H20N2O2. The van der Waals surface area contributed by atoms with Gasteiger partial charge in [-0.25, -0.2) is 0 Å². The molecule has 1 aliphatic heterocycles. The van der Waals surface area contributed by atoms with Gasteiger partial charge in [0.15, 0.2) is 11.5 Å². The van der Waals surface area contributed by atoms with E-state index in [0.717, 1.165) is 30.9 Å². The molecule has 4 nitrogen and oxygen atoms in total. The van der Waals surface area contributed by atoms with E-state index in [1.807, 2.05) is 12.1 Å². The summed E-state index contributed by atoms with van der Waals surface area (Å²) in [7, 11) is 0. The molecule has 1 fully saturated rings. The molecule has 0 aromatic heterocycles. The Balaban J connectivity index is 1.62. The zero-order valence-electron chi connectivity index (χ0n) is 11.6. The maximum absolute atomic E-state index is 9.28. The lowest BCUT2D eigenvalue weighted by Gasteiger charge is -2.21. The SMILES string of the molecule is N#CC1CCCCCC1NCc1ccc2c(c1)OCO2. The molecule has 1 saturated carbocycles. The van der Waals surface area contributed by atoms with Crippen LogP contribution < -0.4 is 14.8 Å². The maximum atomic E-state index is 9.28. The number of hydrogen-bond donors (Lipinski definition) is 1. The molecule has 20 heavy (non-hydrogen) atoms. The van der Waals surface area contributed by atoms with Crippen molar-refractivity contribution in [3.05, 3.63) is 23.8 Å². The van der Waals surface area contributed by atoms with E-state index in [4.69, 9.17) is 9.47 Å². The molecule has 4 heteroatoms. The van der Waals surface area contributed by atoms with Gasteiger partial charge in [-0.15, -0.1) is 0 Å². The van der Waals surface area contributed by atoms with Gasteiger partial charge in [0, 0.05) is 12.6 Å². The monoisotopic (exact) mass is 272 g/mol. The Morgan fingerprint density at radius 3 is 2.90 bits per heavy atom. The smallest absolute Gasteiger partial charge is 0.231 e. The van der Waals surface area contributed by atoms with Crippen LogP contribution in [-0.4, -0.2) is 12.8 Å². The van der Waals surface area contributed by atoms with Gasteiger partial charge in [0.05, 0.1) is 12.0 Å². The summed E-state index contributed by atoms with van der Waals surface area (Å²) in [6.07, 6.45) is 5.77. The summed E-state index contributed by atoms with van der Waals surface area (Å²) >= 11 is 0. The lowest BCUT2D eigenvalue weighted by Crippen LogP contribution is -2.34. The zero-order valence-corrected chi connectivity index (χ0v) is 11.6. The Hall–Kier alpha value is -1.73. The number of ether oxygens (including phenoxy) is 2. The van der Waals surface area contributed by atoms with Gasteiger partial charge in [0.2, 0.25) is 6.79 Å². The minimum atomic E-state index is 0.145. The predicted octanol–water partition coefficient (Wildman–Crippen LogP) is 2.98. The molecule has 0 saturated heterocycles. The first-order valence-electron chi connectivity index (χ1n) is 7.38. The Labute approximate surface area is 119 Å². The molecule has 1 aromatic carbocycles. The van der Waals surface area contributed by atoms with Gasteiger partial charge in [-0.3, -0.25) is 0 Å². The van der Waals surface area contributed by atoms with Crippen LogP contribution in [0, 0.1) is 17.2 Å². The molecule has 1 heterocycles. The third-order valence-electron chi connectivity index (χ3n) is 4.19. The summed E-state index contributed by atoms with van der Waals surface area (Å²) < 4.78 is 10.7. The average Bonchev–Trinajstić information content (AvgIpc) is 2.82. The van der Waals surface area contributed by atoms with Gasteiger partial charge < -0.3 is 14.8 Å². The average molecular weight is 272 g/mol. The molecule has 0 spiro atoms. The first-order chi connectivity index (χ1) is 9.86. The normalized spacial score (nSPS) is 24.9. The number of benzene rings is 1. The molecule has 1 aliphatic carbocycles. The largest absolute Gasteiger partial charge is 0.454 e. The van der Waals surface area contributed by atoms with Crippen molar-refractivity contribution in [1.82, 2.24) is 5.32 Å². The molecule has 106 valence electrons. The second-order valence-electron chi connectivity index (χ2n) is 5.55. The third kappa shape index (κ3) is 2.88. The summed E-state index contributed by atoms with van der Waals surface area (Å²) in [5.74, 6) is 1.78. The van der Waals surface area contributed by atoms with Gasteiger partial charge in [0.1, 0.15) is 0 Å². The van der Waals surface area contributed by atoms with Crippen LogP contribution in [0.25, 0.3) is 0 Å². The second-order valence-corrected chi connectivity index (χ2v) is 5.55. The van der Waals surface area contributed by atoms with Crippen LogP contribution in [0.4, 0.5) is 0 Å². The Morgan fingerprint density at radius 1 is 1.15 bits per heavy atom. The molecular weight excluding hydrogens is 252 g/mol. The molecule has 3 rings (SSSR count). The van der Waals surface area contributed by atoms with Crippen molar-refractivity contribution in [3.63, 3.8) is 0 Å². The van der Waals surface area contributed by atoms with Gasteiger partial charge in [-0.1, -0.05) is 25.3 Å². The third-order valence-corrected chi connectivity index (χ3v) is 4.19. The molecule has 1 N–H and O–H groups in total. The van der Waals surface area contributed by atoms with Crippen molar-refractivity contribution in [1.29, 1.82) is 5.26 Å². The van der Waals surface area contributed by atoms with Crippen LogP contribution in [0.15, 0.2) is 18.2 Å². The number of nitrogens with one attached hydrogen (secondary N) is 1. The summed E-state index contributed by atoms with van der Waals surface area (Å²) in [6.45, 7) is 1.09. The van der Waals surface area contributed by atoms with Crippen LogP contribution in [0.5, 0.6) is 11.5 Å². The number of hydrogen-bond acceptors (Lipinski definition) is 4. The fourth-order valence-corrected chi connectivity index (χ4v) is 3.01. The second kappa shape index (κ2) is 6.15. The van der Waals surface area contributed by atoms with E-state index in [9.17, 15) is 5.26 Å². The highest BCUT2D eigenvalue weighted by atomic mass is 16.7. The van der Waals surface area contributed by atoms with E-state index in [1.165, 1.54) is 24.8 Å². The van der Waals surface area contributed by atoms with E-state index in [1.54, 1.807) is 0 Å². The fraction of sp³-hybridized carbons (Fsp3) is 0.562. The van der Waals surface area contributed by atoms with E-state index in [-0.39, 0.29) is 5.92 Å². The molecule has 0 amide bonds. The van der Waals surface area contributed by atoms with E-state index in [0.29, 0.717) is 12.8 Å². The van der Waals surface area contributed by atoms with Crippen LogP contribution >= 0.6 is 0 Å². The summed E-state index contributed by atoms with van der Waals surface area (Å²) in [5, 5.41) is 12.8. The van der Waals surface area contributed by atoms with Gasteiger partial charge in [-0.05, 0) is 30.5 Å².